The van der Waals surface area contributed by atoms with Crippen molar-refractivity contribution in [2.75, 3.05) is 6.54 Å². The Morgan fingerprint density at radius 3 is 2.77 bits per heavy atom. The molecule has 26 heavy (non-hydrogen) atoms. The minimum Gasteiger partial charge on any atom is -0.351 e. The van der Waals surface area contributed by atoms with Crippen molar-refractivity contribution < 1.29 is 17.6 Å². The van der Waals surface area contributed by atoms with E-state index in [4.69, 9.17) is 11.6 Å². The molecule has 0 unspecified atom stereocenters. The maximum absolute atomic E-state index is 13.6. The van der Waals surface area contributed by atoms with Crippen molar-refractivity contribution in [3.8, 4) is 0 Å². The molecule has 0 spiro atoms. The van der Waals surface area contributed by atoms with Crippen molar-refractivity contribution in [1.29, 1.82) is 0 Å². The van der Waals surface area contributed by atoms with Crippen molar-refractivity contribution in [2.24, 2.45) is 0 Å². The van der Waals surface area contributed by atoms with Crippen molar-refractivity contribution in [1.82, 2.24) is 19.4 Å². The van der Waals surface area contributed by atoms with Gasteiger partial charge < -0.3 is 5.32 Å². The van der Waals surface area contributed by atoms with E-state index in [0.29, 0.717) is 12.2 Å². The van der Waals surface area contributed by atoms with Crippen LogP contribution in [0.25, 0.3) is 0 Å². The summed E-state index contributed by atoms with van der Waals surface area (Å²) >= 11 is 5.98. The predicted molar refractivity (Wildman–Crippen MR) is 93.5 cm³/mol. The molecule has 0 radical (unpaired) electrons. The smallest absolute Gasteiger partial charge is 0.244 e. The number of nitrogens with zero attached hydrogens (tertiary/aromatic N) is 3. The molecule has 0 aliphatic carbocycles. The number of halogens is 2. The van der Waals surface area contributed by atoms with Crippen LogP contribution < -0.4 is 5.32 Å². The number of nitrogens with one attached hydrogen (secondary N) is 1. The minimum absolute atomic E-state index is 0.107. The third-order valence-corrected chi connectivity index (χ3v) is 6.47. The summed E-state index contributed by atoms with van der Waals surface area (Å²) in [4.78, 5) is 10.9. The lowest BCUT2D eigenvalue weighted by molar-refractivity contribution is -0.119. The van der Waals surface area contributed by atoms with E-state index in [9.17, 15) is 17.6 Å². The summed E-state index contributed by atoms with van der Waals surface area (Å²) in [6, 6.07) is 4.03. The second kappa shape index (κ2) is 6.98. The highest BCUT2D eigenvalue weighted by molar-refractivity contribution is 7.89. The van der Waals surface area contributed by atoms with E-state index in [1.54, 1.807) is 10.7 Å². The van der Waals surface area contributed by atoms with Gasteiger partial charge in [0.15, 0.2) is 0 Å². The monoisotopic (exact) mass is 400 g/mol. The molecular formula is C16H18ClFN4O3S. The number of amides is 1. The first-order valence-electron chi connectivity index (χ1n) is 7.94. The molecule has 1 aliphatic rings. The van der Waals surface area contributed by atoms with Gasteiger partial charge in [-0.3, -0.25) is 9.48 Å². The third-order valence-electron chi connectivity index (χ3n) is 4.16. The van der Waals surface area contributed by atoms with Crippen molar-refractivity contribution in [3.63, 3.8) is 0 Å². The summed E-state index contributed by atoms with van der Waals surface area (Å²) in [6.07, 6.45) is 0. The van der Waals surface area contributed by atoms with Gasteiger partial charge in [0.2, 0.25) is 15.9 Å². The summed E-state index contributed by atoms with van der Waals surface area (Å²) in [5.41, 5.74) is 1.59. The van der Waals surface area contributed by atoms with Gasteiger partial charge in [0, 0.05) is 13.5 Å². The second-order valence-electron chi connectivity index (χ2n) is 6.13. The average molecular weight is 401 g/mol. The lowest BCUT2D eigenvalue weighted by Gasteiger charge is -2.27. The van der Waals surface area contributed by atoms with Gasteiger partial charge in [-0.2, -0.15) is 9.40 Å². The second-order valence-corrected chi connectivity index (χ2v) is 8.44. The number of aryl methyl sites for hydroxylation is 1. The van der Waals surface area contributed by atoms with Crippen LogP contribution in [-0.4, -0.2) is 35.0 Å². The number of hydrogen-bond donors (Lipinski definition) is 1. The van der Waals surface area contributed by atoms with Crippen LogP contribution in [0.5, 0.6) is 0 Å². The summed E-state index contributed by atoms with van der Waals surface area (Å²) < 4.78 is 42.5. The van der Waals surface area contributed by atoms with E-state index < -0.39 is 15.8 Å². The third kappa shape index (κ3) is 3.60. The molecule has 1 amide bonds. The van der Waals surface area contributed by atoms with Gasteiger partial charge in [-0.1, -0.05) is 11.6 Å². The Hall–Kier alpha value is -1.97. The zero-order valence-electron chi connectivity index (χ0n) is 14.3. The Labute approximate surface area is 155 Å². The molecule has 0 bridgehead atoms. The van der Waals surface area contributed by atoms with E-state index in [0.717, 1.165) is 11.8 Å². The quantitative estimate of drug-likeness (QED) is 0.848. The fraction of sp³-hybridized carbons (Fsp3) is 0.375. The highest BCUT2D eigenvalue weighted by Gasteiger charge is 2.31. The molecule has 1 aromatic carbocycles. The number of sulfonamides is 1. The van der Waals surface area contributed by atoms with Gasteiger partial charge >= 0.3 is 0 Å². The van der Waals surface area contributed by atoms with Gasteiger partial charge in [-0.25, -0.2) is 12.8 Å². The van der Waals surface area contributed by atoms with Gasteiger partial charge in [0.25, 0.3) is 0 Å². The molecule has 0 saturated heterocycles. The minimum atomic E-state index is -3.87. The van der Waals surface area contributed by atoms with Crippen LogP contribution in [0.1, 0.15) is 23.9 Å². The molecule has 2 aromatic rings. The van der Waals surface area contributed by atoms with Crippen molar-refractivity contribution >= 4 is 27.5 Å². The Bertz CT molecular complexity index is 974. The zero-order valence-corrected chi connectivity index (χ0v) is 15.9. The molecule has 10 heteroatoms. The molecule has 1 N–H and O–H groups in total. The van der Waals surface area contributed by atoms with E-state index in [1.807, 2.05) is 0 Å². The first kappa shape index (κ1) is 18.8. The van der Waals surface area contributed by atoms with Crippen LogP contribution in [0.2, 0.25) is 5.02 Å². The van der Waals surface area contributed by atoms with E-state index in [2.05, 4.69) is 10.4 Å². The summed E-state index contributed by atoms with van der Waals surface area (Å²) in [6.45, 7) is 3.92. The van der Waals surface area contributed by atoms with Gasteiger partial charge in [-0.05, 0) is 30.7 Å². The highest BCUT2D eigenvalue weighted by atomic mass is 35.5. The van der Waals surface area contributed by atoms with Crippen molar-refractivity contribution in [2.45, 2.75) is 38.4 Å². The molecular weight excluding hydrogens is 383 g/mol. The number of aromatic nitrogens is 2. The van der Waals surface area contributed by atoms with Crippen LogP contribution in [0, 0.1) is 12.7 Å². The molecule has 1 aromatic heterocycles. The molecule has 7 nitrogen and oxygen atoms in total. The average Bonchev–Trinajstić information content (AvgIpc) is 2.98. The molecule has 140 valence electrons. The number of benzene rings is 1. The number of carbonyl (C=O) groups excluding carboxylic acids is 1. The first-order chi connectivity index (χ1) is 12.2. The standard InChI is InChI=1S/C16H18ClFN4O3S/c1-10-5-16(14(17)7-15(10)18)26(24,25)21-3-4-22-13(9-21)6-12(20-22)8-19-11(2)23/h5-7H,3-4,8-9H2,1-2H3,(H,19,23). The zero-order chi connectivity index (χ0) is 19.1. The first-order valence-corrected chi connectivity index (χ1v) is 9.76. The normalized spacial score (nSPS) is 14.9. The molecule has 3 rings (SSSR count). The van der Waals surface area contributed by atoms with E-state index in [1.165, 1.54) is 24.2 Å². The molecule has 0 fully saturated rings. The predicted octanol–water partition coefficient (Wildman–Crippen LogP) is 1.82. The molecule has 1 aliphatic heterocycles. The van der Waals surface area contributed by atoms with Gasteiger partial charge in [0.1, 0.15) is 10.7 Å². The number of carbonyl (C=O) groups is 1. The topological polar surface area (TPSA) is 84.3 Å². The van der Waals surface area contributed by atoms with Crippen LogP contribution in [0.3, 0.4) is 0 Å². The Morgan fingerprint density at radius 2 is 2.08 bits per heavy atom. The lowest BCUT2D eigenvalue weighted by atomic mass is 10.2. The number of rotatable bonds is 4. The number of fused-ring (bicyclic) bond motifs is 1. The van der Waals surface area contributed by atoms with Crippen LogP contribution >= 0.6 is 11.6 Å². The molecule has 2 heterocycles. The number of hydrogen-bond acceptors (Lipinski definition) is 4. The highest BCUT2D eigenvalue weighted by Crippen LogP contribution is 2.29. The van der Waals surface area contributed by atoms with Crippen molar-refractivity contribution in [3.05, 3.63) is 46.0 Å². The van der Waals surface area contributed by atoms with Crippen LogP contribution in [0.15, 0.2) is 23.1 Å². The summed E-state index contributed by atoms with van der Waals surface area (Å²) in [5.74, 6) is -0.713. The fourth-order valence-electron chi connectivity index (χ4n) is 2.78. The lowest BCUT2D eigenvalue weighted by Crippen LogP contribution is -2.38. The summed E-state index contributed by atoms with van der Waals surface area (Å²) in [5, 5.41) is 6.88. The summed E-state index contributed by atoms with van der Waals surface area (Å²) in [7, 11) is -3.87. The maximum atomic E-state index is 13.6. The van der Waals surface area contributed by atoms with Gasteiger partial charge in [0.05, 0.1) is 36.0 Å². The fourth-order valence-corrected chi connectivity index (χ4v) is 4.75. The largest absolute Gasteiger partial charge is 0.351 e. The maximum Gasteiger partial charge on any atom is 0.244 e. The van der Waals surface area contributed by atoms with Gasteiger partial charge in [-0.15, -0.1) is 0 Å². The molecule has 0 saturated carbocycles. The Kier molecular flexibility index (Phi) is 5.05. The van der Waals surface area contributed by atoms with E-state index in [-0.39, 0.29) is 41.0 Å². The Morgan fingerprint density at radius 1 is 1.35 bits per heavy atom. The van der Waals surface area contributed by atoms with Crippen LogP contribution in [-0.2, 0) is 34.5 Å². The molecule has 0 atom stereocenters. The SMILES string of the molecule is CC(=O)NCc1cc2n(n1)CCN(S(=O)(=O)c1cc(C)c(F)cc1Cl)C2. The van der Waals surface area contributed by atoms with E-state index >= 15 is 0 Å². The Balaban J connectivity index is 1.86. The van der Waals surface area contributed by atoms with Crippen LogP contribution in [0.4, 0.5) is 4.39 Å².